The Hall–Kier alpha value is -3.29. The van der Waals surface area contributed by atoms with E-state index in [1.165, 1.54) is 40.3 Å². The van der Waals surface area contributed by atoms with E-state index in [4.69, 9.17) is 18.9 Å². The smallest absolute Gasteiger partial charge is 0.344 e. The molecule has 1 heterocycles. The molecule has 0 spiro atoms. The Morgan fingerprint density at radius 2 is 1.60 bits per heavy atom. The number of carbonyl (C=O) groups is 3. The van der Waals surface area contributed by atoms with Crippen LogP contribution >= 0.6 is 0 Å². The molecule has 162 valence electrons. The molecule has 0 amide bonds. The Morgan fingerprint density at radius 1 is 0.967 bits per heavy atom. The summed E-state index contributed by atoms with van der Waals surface area (Å²) in [4.78, 5) is 40.1. The summed E-state index contributed by atoms with van der Waals surface area (Å²) in [5.41, 5.74) is 0.120. The topological polar surface area (TPSA) is 91.4 Å². The molecule has 1 aliphatic heterocycles. The molecule has 1 aromatic rings. The van der Waals surface area contributed by atoms with Gasteiger partial charge in [0.25, 0.3) is 0 Å². The number of ether oxygens (including phenoxy) is 4. The van der Waals surface area contributed by atoms with Gasteiger partial charge in [-0.2, -0.15) is 0 Å². The van der Waals surface area contributed by atoms with E-state index in [0.29, 0.717) is 28.3 Å². The third-order valence-corrected chi connectivity index (χ3v) is 5.59. The molecular weight excluding hydrogens is 390 g/mol. The van der Waals surface area contributed by atoms with E-state index in [9.17, 15) is 14.4 Å². The lowest BCUT2D eigenvalue weighted by molar-refractivity contribution is -0.155. The number of esters is 2. The van der Waals surface area contributed by atoms with Gasteiger partial charge in [-0.25, -0.2) is 9.59 Å². The van der Waals surface area contributed by atoms with Gasteiger partial charge >= 0.3 is 11.9 Å². The van der Waals surface area contributed by atoms with Crippen LogP contribution in [0.25, 0.3) is 5.57 Å². The molecule has 1 atom stereocenters. The van der Waals surface area contributed by atoms with Gasteiger partial charge in [0.05, 0.1) is 34.0 Å². The second-order valence-corrected chi connectivity index (χ2v) is 6.84. The molecule has 2 rings (SSSR count). The maximum atomic E-state index is 12.9. The van der Waals surface area contributed by atoms with E-state index in [1.54, 1.807) is 39.1 Å². The van der Waals surface area contributed by atoms with Gasteiger partial charge < -0.3 is 23.8 Å². The van der Waals surface area contributed by atoms with Gasteiger partial charge in [-0.15, -0.1) is 0 Å². The van der Waals surface area contributed by atoms with Crippen LogP contribution in [0.5, 0.6) is 11.5 Å². The Balaban J connectivity index is 2.97. The van der Waals surface area contributed by atoms with Crippen molar-refractivity contribution in [2.45, 2.75) is 26.3 Å². The summed E-state index contributed by atoms with van der Waals surface area (Å²) in [5.74, 6) is -0.902. The quantitative estimate of drug-likeness (QED) is 0.515. The van der Waals surface area contributed by atoms with Crippen LogP contribution in [0.15, 0.2) is 35.0 Å². The predicted molar refractivity (Wildman–Crippen MR) is 110 cm³/mol. The van der Waals surface area contributed by atoms with E-state index in [0.717, 1.165) is 0 Å². The van der Waals surface area contributed by atoms with Crippen LogP contribution in [-0.2, 0) is 23.9 Å². The Labute approximate surface area is 176 Å². The van der Waals surface area contributed by atoms with Crippen molar-refractivity contribution in [3.63, 3.8) is 0 Å². The van der Waals surface area contributed by atoms with Crippen molar-refractivity contribution in [2.24, 2.45) is 0 Å². The fourth-order valence-corrected chi connectivity index (χ4v) is 3.99. The molecule has 1 aliphatic rings. The lowest BCUT2D eigenvalue weighted by Crippen LogP contribution is -2.60. The SMILES string of the molecule is COC(=O)C1=C(C)[C@](C(C)=O)(C(=O)OC)N(C)C(C)=C1c1ccc(OC)cc1OC. The van der Waals surface area contributed by atoms with Crippen molar-refractivity contribution in [1.82, 2.24) is 4.90 Å². The number of ketones is 1. The first-order chi connectivity index (χ1) is 14.1. The molecule has 0 aliphatic carbocycles. The van der Waals surface area contributed by atoms with Crippen molar-refractivity contribution in [2.75, 3.05) is 35.5 Å². The average molecular weight is 417 g/mol. The normalized spacial score (nSPS) is 18.9. The number of likely N-dealkylation sites (N-methyl/N-ethyl adjacent to an activating group) is 1. The second-order valence-electron chi connectivity index (χ2n) is 6.84. The number of benzene rings is 1. The molecule has 30 heavy (non-hydrogen) atoms. The van der Waals surface area contributed by atoms with Gasteiger partial charge in [-0.05, 0) is 38.5 Å². The molecule has 0 saturated heterocycles. The first kappa shape index (κ1) is 23.0. The summed E-state index contributed by atoms with van der Waals surface area (Å²) in [7, 11) is 7.10. The number of allylic oxidation sites excluding steroid dienone is 1. The molecule has 0 saturated carbocycles. The molecule has 0 bridgehead atoms. The molecule has 8 nitrogen and oxygen atoms in total. The average Bonchev–Trinajstić information content (AvgIpc) is 2.74. The number of nitrogens with zero attached hydrogens (tertiary/aromatic N) is 1. The highest BCUT2D eigenvalue weighted by molar-refractivity contribution is 6.18. The fraction of sp³-hybridized carbons (Fsp3) is 0.409. The van der Waals surface area contributed by atoms with Crippen LogP contribution in [0.3, 0.4) is 0 Å². The van der Waals surface area contributed by atoms with Gasteiger partial charge in [0.1, 0.15) is 11.5 Å². The van der Waals surface area contributed by atoms with Crippen molar-refractivity contribution < 1.29 is 33.3 Å². The molecule has 1 aromatic carbocycles. The lowest BCUT2D eigenvalue weighted by atomic mass is 9.75. The molecule has 8 heteroatoms. The monoisotopic (exact) mass is 417 g/mol. The summed E-state index contributed by atoms with van der Waals surface area (Å²) >= 11 is 0. The van der Waals surface area contributed by atoms with Crippen LogP contribution in [0, 0.1) is 0 Å². The second kappa shape index (κ2) is 8.61. The van der Waals surface area contributed by atoms with Crippen molar-refractivity contribution in [1.29, 1.82) is 0 Å². The van der Waals surface area contributed by atoms with Gasteiger partial charge in [0.2, 0.25) is 5.54 Å². The first-order valence-electron chi connectivity index (χ1n) is 9.19. The minimum atomic E-state index is -1.79. The highest BCUT2D eigenvalue weighted by Gasteiger charge is 2.55. The van der Waals surface area contributed by atoms with Crippen molar-refractivity contribution in [3.8, 4) is 11.5 Å². The van der Waals surface area contributed by atoms with Gasteiger partial charge in [-0.3, -0.25) is 4.79 Å². The lowest BCUT2D eigenvalue weighted by Gasteiger charge is -2.45. The summed E-state index contributed by atoms with van der Waals surface area (Å²) in [5, 5.41) is 0. The summed E-state index contributed by atoms with van der Waals surface area (Å²) in [6.45, 7) is 4.57. The van der Waals surface area contributed by atoms with Crippen LogP contribution in [-0.4, -0.2) is 63.6 Å². The Morgan fingerprint density at radius 3 is 2.07 bits per heavy atom. The van der Waals surface area contributed by atoms with Gasteiger partial charge in [-0.1, -0.05) is 0 Å². The zero-order chi connectivity index (χ0) is 22.8. The number of carbonyl (C=O) groups excluding carboxylic acids is 3. The highest BCUT2D eigenvalue weighted by Crippen LogP contribution is 2.46. The number of rotatable bonds is 6. The highest BCUT2D eigenvalue weighted by atomic mass is 16.5. The summed E-state index contributed by atoms with van der Waals surface area (Å²) in [6.07, 6.45) is 0. The first-order valence-corrected chi connectivity index (χ1v) is 9.19. The summed E-state index contributed by atoms with van der Waals surface area (Å²) in [6, 6.07) is 5.17. The number of hydrogen-bond donors (Lipinski definition) is 0. The molecule has 0 N–H and O–H groups in total. The Kier molecular flexibility index (Phi) is 6.60. The van der Waals surface area contributed by atoms with E-state index < -0.39 is 23.3 Å². The van der Waals surface area contributed by atoms with Crippen LogP contribution in [0.1, 0.15) is 26.3 Å². The van der Waals surface area contributed by atoms with E-state index in [1.807, 2.05) is 0 Å². The van der Waals surface area contributed by atoms with Crippen LogP contribution < -0.4 is 9.47 Å². The molecule has 0 aromatic heterocycles. The van der Waals surface area contributed by atoms with Crippen molar-refractivity contribution >= 4 is 23.3 Å². The van der Waals surface area contributed by atoms with Crippen LogP contribution in [0.2, 0.25) is 0 Å². The number of hydrogen-bond acceptors (Lipinski definition) is 8. The third-order valence-electron chi connectivity index (χ3n) is 5.59. The summed E-state index contributed by atoms with van der Waals surface area (Å²) < 4.78 is 20.8. The zero-order valence-electron chi connectivity index (χ0n) is 18.5. The molecular formula is C22H27NO7. The number of Topliss-reactive ketones (excluding diaryl/α,β-unsaturated/α-hetero) is 1. The predicted octanol–water partition coefficient (Wildman–Crippen LogP) is 2.37. The maximum absolute atomic E-state index is 12.9. The standard InChI is InChI=1S/C22H27NO7/c1-12-18(20(25)29-7)19(16-10-9-15(27-5)11-17(16)28-6)13(2)23(4)22(12,14(3)24)21(26)30-8/h9-11H,1-8H3/t22-/m0/s1. The van der Waals surface area contributed by atoms with E-state index >= 15 is 0 Å². The minimum Gasteiger partial charge on any atom is -0.497 e. The molecule has 0 fully saturated rings. The fourth-order valence-electron chi connectivity index (χ4n) is 3.99. The third kappa shape index (κ3) is 3.22. The van der Waals surface area contributed by atoms with Gasteiger partial charge in [0.15, 0.2) is 5.78 Å². The van der Waals surface area contributed by atoms with Crippen LogP contribution in [0.4, 0.5) is 0 Å². The number of methoxy groups -OCH3 is 4. The van der Waals surface area contributed by atoms with Gasteiger partial charge in [0, 0.05) is 29.9 Å². The van der Waals surface area contributed by atoms with E-state index in [-0.39, 0.29) is 11.1 Å². The largest absolute Gasteiger partial charge is 0.497 e. The zero-order valence-corrected chi connectivity index (χ0v) is 18.5. The van der Waals surface area contributed by atoms with E-state index in [2.05, 4.69) is 0 Å². The molecule has 0 unspecified atom stereocenters. The Bertz CT molecular complexity index is 960. The molecule has 0 radical (unpaired) electrons. The maximum Gasteiger partial charge on any atom is 0.344 e. The minimum absolute atomic E-state index is 0.108. The van der Waals surface area contributed by atoms with Crippen molar-refractivity contribution in [3.05, 3.63) is 40.6 Å².